The average molecular weight is 394 g/mol. The predicted molar refractivity (Wildman–Crippen MR) is 112 cm³/mol. The molecule has 4 rings (SSSR count). The number of carbonyl (C=O) groups excluding carboxylic acids is 2. The van der Waals surface area contributed by atoms with Crippen LogP contribution < -0.4 is 15.5 Å². The van der Waals surface area contributed by atoms with Gasteiger partial charge in [0, 0.05) is 30.4 Å². The number of hydrogen-bond acceptors (Lipinski definition) is 3. The normalized spacial score (nSPS) is 22.2. The average Bonchev–Trinajstić information content (AvgIpc) is 2.73. The first-order valence-electron chi connectivity index (χ1n) is 10.0. The van der Waals surface area contributed by atoms with Crippen LogP contribution >= 0.6 is 0 Å². The number of nitrogens with zero attached hydrogens (tertiary/aromatic N) is 2. The largest absolute Gasteiger partial charge is 0.394 e. The smallest absolute Gasteiger partial charge is 0.326 e. The van der Waals surface area contributed by atoms with E-state index in [4.69, 9.17) is 0 Å². The topological polar surface area (TPSA) is 84.9 Å². The monoisotopic (exact) mass is 394 g/mol. The van der Waals surface area contributed by atoms with Crippen molar-refractivity contribution in [1.29, 1.82) is 0 Å². The van der Waals surface area contributed by atoms with Crippen LogP contribution in [0.15, 0.2) is 54.6 Å². The lowest BCUT2D eigenvalue weighted by Crippen LogP contribution is -2.72. The summed E-state index contributed by atoms with van der Waals surface area (Å²) in [5, 5.41) is 15.8. The molecule has 29 heavy (non-hydrogen) atoms. The fourth-order valence-corrected chi connectivity index (χ4v) is 4.39. The van der Waals surface area contributed by atoms with Crippen molar-refractivity contribution in [2.75, 3.05) is 29.9 Å². The first-order chi connectivity index (χ1) is 14.2. The lowest BCUT2D eigenvalue weighted by atomic mass is 9.72. The van der Waals surface area contributed by atoms with Gasteiger partial charge in [0.05, 0.1) is 18.7 Å². The second kappa shape index (κ2) is 8.13. The van der Waals surface area contributed by atoms with Crippen LogP contribution in [0.1, 0.15) is 24.8 Å². The molecule has 2 aliphatic heterocycles. The summed E-state index contributed by atoms with van der Waals surface area (Å²) < 4.78 is 0. The van der Waals surface area contributed by atoms with Crippen LogP contribution in [-0.4, -0.2) is 53.8 Å². The van der Waals surface area contributed by atoms with E-state index in [0.717, 1.165) is 23.4 Å². The van der Waals surface area contributed by atoms with Crippen LogP contribution in [-0.2, 0) is 0 Å². The summed E-state index contributed by atoms with van der Waals surface area (Å²) >= 11 is 0. The number of anilines is 2. The van der Waals surface area contributed by atoms with Crippen LogP contribution in [0, 0.1) is 0 Å². The Kier molecular flexibility index (Phi) is 5.40. The molecule has 0 unspecified atom stereocenters. The van der Waals surface area contributed by atoms with E-state index in [9.17, 15) is 14.7 Å². The van der Waals surface area contributed by atoms with Gasteiger partial charge in [0.1, 0.15) is 0 Å². The minimum Gasteiger partial charge on any atom is -0.394 e. The summed E-state index contributed by atoms with van der Waals surface area (Å²) in [6, 6.07) is 16.2. The van der Waals surface area contributed by atoms with Crippen molar-refractivity contribution in [3.8, 4) is 0 Å². The number of hydrogen-bond donors (Lipinski definition) is 3. The van der Waals surface area contributed by atoms with Gasteiger partial charge in [0.2, 0.25) is 0 Å². The Bertz CT molecular complexity index is 889. The van der Waals surface area contributed by atoms with Gasteiger partial charge in [-0.2, -0.15) is 0 Å². The molecule has 0 aliphatic carbocycles. The first kappa shape index (κ1) is 19.3. The minimum absolute atomic E-state index is 0.0179. The second-order valence-electron chi connectivity index (χ2n) is 7.45. The molecule has 4 amide bonds. The van der Waals surface area contributed by atoms with E-state index < -0.39 is 0 Å². The molecule has 2 aromatic rings. The van der Waals surface area contributed by atoms with Gasteiger partial charge in [-0.3, -0.25) is 4.90 Å². The van der Waals surface area contributed by atoms with E-state index in [2.05, 4.69) is 10.6 Å². The van der Waals surface area contributed by atoms with Gasteiger partial charge in [0.15, 0.2) is 0 Å². The molecule has 2 aliphatic rings. The third kappa shape index (κ3) is 3.42. The summed E-state index contributed by atoms with van der Waals surface area (Å²) in [5.74, 6) is 0.0179. The molecule has 3 N–H and O–H groups in total. The Morgan fingerprint density at radius 2 is 1.79 bits per heavy atom. The standard InChI is InChI=1S/C22H26N4O3/c1-2-12-23-21(28)26-18-13-25(22(29)24-15-8-4-3-5-9-15)17-11-7-6-10-16(17)20(18)19(26)14-27/h3-11,18-20,27H,2,12-14H2,1H3,(H,23,28)(H,24,29)/t18-,19+,20+/m1/s1. The number of rotatable bonds is 4. The molecule has 2 aromatic carbocycles. The summed E-state index contributed by atoms with van der Waals surface area (Å²) in [7, 11) is 0. The molecular weight excluding hydrogens is 368 g/mol. The van der Waals surface area contributed by atoms with Gasteiger partial charge in [-0.05, 0) is 30.2 Å². The number of benzene rings is 2. The van der Waals surface area contributed by atoms with E-state index in [0.29, 0.717) is 13.1 Å². The molecule has 0 saturated carbocycles. The number of carbonyl (C=O) groups is 2. The molecular formula is C22H26N4O3. The Balaban J connectivity index is 1.62. The zero-order valence-corrected chi connectivity index (χ0v) is 16.4. The lowest BCUT2D eigenvalue weighted by molar-refractivity contribution is -0.00673. The van der Waals surface area contributed by atoms with Crippen molar-refractivity contribution < 1.29 is 14.7 Å². The number of nitrogens with one attached hydrogen (secondary N) is 2. The maximum atomic E-state index is 13.1. The van der Waals surface area contributed by atoms with Crippen molar-refractivity contribution in [1.82, 2.24) is 10.2 Å². The molecule has 0 aromatic heterocycles. The number of likely N-dealkylation sites (tertiary alicyclic amines) is 1. The van der Waals surface area contributed by atoms with E-state index >= 15 is 0 Å². The van der Waals surface area contributed by atoms with Gasteiger partial charge in [-0.15, -0.1) is 0 Å². The van der Waals surface area contributed by atoms with Crippen molar-refractivity contribution in [3.63, 3.8) is 0 Å². The highest BCUT2D eigenvalue weighted by Gasteiger charge is 2.55. The highest BCUT2D eigenvalue weighted by molar-refractivity contribution is 6.03. The van der Waals surface area contributed by atoms with Crippen LogP contribution in [0.25, 0.3) is 0 Å². The maximum Gasteiger partial charge on any atom is 0.326 e. The second-order valence-corrected chi connectivity index (χ2v) is 7.45. The molecule has 1 saturated heterocycles. The Morgan fingerprint density at radius 1 is 1.07 bits per heavy atom. The van der Waals surface area contributed by atoms with Gasteiger partial charge < -0.3 is 20.6 Å². The number of urea groups is 2. The highest BCUT2D eigenvalue weighted by Crippen LogP contribution is 2.48. The summed E-state index contributed by atoms with van der Waals surface area (Å²) in [4.78, 5) is 29.1. The Hall–Kier alpha value is -3.06. The zero-order valence-electron chi connectivity index (χ0n) is 16.4. The third-order valence-electron chi connectivity index (χ3n) is 5.72. The molecule has 2 heterocycles. The quantitative estimate of drug-likeness (QED) is 0.745. The molecule has 0 bridgehead atoms. The van der Waals surface area contributed by atoms with E-state index in [-0.39, 0.29) is 36.7 Å². The third-order valence-corrected chi connectivity index (χ3v) is 5.72. The molecule has 7 nitrogen and oxygen atoms in total. The first-order valence-corrected chi connectivity index (χ1v) is 10.0. The van der Waals surface area contributed by atoms with Crippen molar-refractivity contribution >= 4 is 23.4 Å². The summed E-state index contributed by atoms with van der Waals surface area (Å²) in [6.45, 7) is 2.86. The highest BCUT2D eigenvalue weighted by atomic mass is 16.3. The van der Waals surface area contributed by atoms with Crippen molar-refractivity contribution in [2.45, 2.75) is 31.3 Å². The number of aliphatic hydroxyl groups excluding tert-OH is 1. The molecule has 1 fully saturated rings. The summed E-state index contributed by atoms with van der Waals surface area (Å²) in [5.41, 5.74) is 2.54. The van der Waals surface area contributed by atoms with E-state index in [1.807, 2.05) is 61.5 Å². The number of amides is 4. The SMILES string of the molecule is CCCNC(=O)N1[C@@H]2CN(C(=O)Nc3ccccc3)c3ccccc3[C@@H]2[C@@H]1CO. The molecule has 3 atom stereocenters. The van der Waals surface area contributed by atoms with Gasteiger partial charge in [-0.1, -0.05) is 43.3 Å². The minimum atomic E-state index is -0.280. The number of para-hydroxylation sites is 2. The van der Waals surface area contributed by atoms with Crippen molar-refractivity contribution in [3.05, 3.63) is 60.2 Å². The van der Waals surface area contributed by atoms with Crippen molar-refractivity contribution in [2.24, 2.45) is 0 Å². The molecule has 152 valence electrons. The Labute approximate surface area is 170 Å². The van der Waals surface area contributed by atoms with Gasteiger partial charge in [-0.25, -0.2) is 9.59 Å². The fourth-order valence-electron chi connectivity index (χ4n) is 4.39. The lowest BCUT2D eigenvalue weighted by Gasteiger charge is -2.58. The molecule has 0 spiro atoms. The van der Waals surface area contributed by atoms with E-state index in [1.165, 1.54) is 0 Å². The fraction of sp³-hybridized carbons (Fsp3) is 0.364. The van der Waals surface area contributed by atoms with E-state index in [1.54, 1.807) is 9.80 Å². The zero-order chi connectivity index (χ0) is 20.4. The predicted octanol–water partition coefficient (Wildman–Crippen LogP) is 2.99. The summed E-state index contributed by atoms with van der Waals surface area (Å²) in [6.07, 6.45) is 0.839. The number of aliphatic hydroxyl groups is 1. The molecule has 7 heteroatoms. The van der Waals surface area contributed by atoms with Crippen LogP contribution in [0.4, 0.5) is 21.0 Å². The Morgan fingerprint density at radius 3 is 2.52 bits per heavy atom. The van der Waals surface area contributed by atoms with Crippen LogP contribution in [0.2, 0.25) is 0 Å². The van der Waals surface area contributed by atoms with Gasteiger partial charge in [0.25, 0.3) is 0 Å². The van der Waals surface area contributed by atoms with Crippen LogP contribution in [0.3, 0.4) is 0 Å². The maximum absolute atomic E-state index is 13.1. The number of fused-ring (bicyclic) bond motifs is 3. The molecule has 0 radical (unpaired) electrons. The van der Waals surface area contributed by atoms with Crippen LogP contribution in [0.5, 0.6) is 0 Å². The van der Waals surface area contributed by atoms with Gasteiger partial charge >= 0.3 is 12.1 Å².